The first-order valence-electron chi connectivity index (χ1n) is 25.5. The van der Waals surface area contributed by atoms with Gasteiger partial charge in [-0.1, -0.05) is 177 Å². The summed E-state index contributed by atoms with van der Waals surface area (Å²) < 4.78 is 59.2. The summed E-state index contributed by atoms with van der Waals surface area (Å²) in [4.78, 5) is 12.9. The predicted octanol–water partition coefficient (Wildman–Crippen LogP) is 11.7. The second-order valence-corrected chi connectivity index (χ2v) is 18.4. The van der Waals surface area contributed by atoms with Crippen molar-refractivity contribution >= 4 is 16.4 Å². The van der Waals surface area contributed by atoms with Crippen LogP contribution in [0.4, 0.5) is 0 Å². The van der Waals surface area contributed by atoms with Gasteiger partial charge in [0.05, 0.1) is 19.8 Å². The van der Waals surface area contributed by atoms with Crippen molar-refractivity contribution in [2.24, 2.45) is 0 Å². The van der Waals surface area contributed by atoms with Gasteiger partial charge in [-0.3, -0.25) is 9.35 Å². The molecule has 1 rings (SSSR count). The molecule has 0 aromatic rings. The van der Waals surface area contributed by atoms with Crippen LogP contribution in [0.15, 0.2) is 60.8 Å². The fourth-order valence-electron chi connectivity index (χ4n) is 7.54. The van der Waals surface area contributed by atoms with Gasteiger partial charge in [0.2, 0.25) is 0 Å². The van der Waals surface area contributed by atoms with Gasteiger partial charge in [0, 0.05) is 13.0 Å². The average molecular weight is 941 g/mol. The number of rotatable bonds is 44. The Morgan fingerprint density at radius 3 is 1.57 bits per heavy atom. The lowest BCUT2D eigenvalue weighted by Gasteiger charge is -2.41. The molecule has 0 spiro atoms. The molecule has 0 aromatic heterocycles. The summed E-state index contributed by atoms with van der Waals surface area (Å²) in [6.45, 7) is 3.86. The minimum absolute atomic E-state index is 0.0287. The second-order valence-electron chi connectivity index (χ2n) is 17.4. The largest absolute Gasteiger partial charge is 0.457 e. The van der Waals surface area contributed by atoms with Crippen molar-refractivity contribution in [2.45, 2.75) is 237 Å². The minimum atomic E-state index is -5.07. The summed E-state index contributed by atoms with van der Waals surface area (Å²) in [5.74, 6) is -0.407. The lowest BCUT2D eigenvalue weighted by atomic mass is 9.99. The highest BCUT2D eigenvalue weighted by Gasteiger charge is 2.48. The van der Waals surface area contributed by atoms with E-state index in [2.05, 4.69) is 78.8 Å². The number of esters is 1. The Kier molecular flexibility index (Phi) is 40.3. The van der Waals surface area contributed by atoms with Crippen LogP contribution in [0.3, 0.4) is 0 Å². The molecule has 4 N–H and O–H groups in total. The Labute approximate surface area is 395 Å². The van der Waals surface area contributed by atoms with Gasteiger partial charge < -0.3 is 34.3 Å². The molecule has 1 aliphatic rings. The van der Waals surface area contributed by atoms with Gasteiger partial charge in [0.25, 0.3) is 0 Å². The van der Waals surface area contributed by atoms with Crippen LogP contribution in [0, 0.1) is 0 Å². The number of hydrogen-bond donors (Lipinski definition) is 4. The smallest absolute Gasteiger partial charge is 0.397 e. The van der Waals surface area contributed by atoms with Gasteiger partial charge in [-0.25, -0.2) is 4.18 Å². The molecule has 6 unspecified atom stereocenters. The fourth-order valence-corrected chi connectivity index (χ4v) is 8.05. The third kappa shape index (κ3) is 36.5. The molecule has 0 aliphatic carbocycles. The normalized spacial score (nSPS) is 20.1. The molecule has 0 aromatic carbocycles. The fraction of sp³-hybridized carbons (Fsp3) is 0.788. The molecule has 0 saturated carbocycles. The third-order valence-electron chi connectivity index (χ3n) is 11.4. The number of aliphatic hydroxyl groups excluding tert-OH is 3. The van der Waals surface area contributed by atoms with Gasteiger partial charge in [-0.15, -0.1) is 0 Å². The number of carbonyl (C=O) groups excluding carboxylic acids is 1. The van der Waals surface area contributed by atoms with E-state index in [1.807, 2.05) is 0 Å². The first kappa shape index (κ1) is 60.8. The molecule has 378 valence electrons. The van der Waals surface area contributed by atoms with E-state index >= 15 is 0 Å². The Balaban J connectivity index is 2.35. The van der Waals surface area contributed by atoms with Crippen LogP contribution in [0.25, 0.3) is 0 Å². The quantitative estimate of drug-likeness (QED) is 0.0197. The van der Waals surface area contributed by atoms with Gasteiger partial charge in [0.15, 0.2) is 6.29 Å². The van der Waals surface area contributed by atoms with Crippen LogP contribution in [0.1, 0.15) is 200 Å². The second kappa shape index (κ2) is 43.1. The molecule has 1 aliphatic heterocycles. The molecule has 0 bridgehead atoms. The average Bonchev–Trinajstić information content (AvgIpc) is 3.28. The zero-order valence-electron chi connectivity index (χ0n) is 40.5. The summed E-state index contributed by atoms with van der Waals surface area (Å²) >= 11 is 0. The predicted molar refractivity (Wildman–Crippen MR) is 262 cm³/mol. The van der Waals surface area contributed by atoms with Crippen LogP contribution in [-0.4, -0.2) is 97.5 Å². The van der Waals surface area contributed by atoms with Gasteiger partial charge in [-0.2, -0.15) is 8.42 Å². The molecule has 12 nitrogen and oxygen atoms in total. The monoisotopic (exact) mass is 941 g/mol. The van der Waals surface area contributed by atoms with E-state index in [0.29, 0.717) is 13.0 Å². The van der Waals surface area contributed by atoms with Crippen molar-refractivity contribution in [3.63, 3.8) is 0 Å². The number of unbranched alkanes of at least 4 members (excludes halogenated alkanes) is 21. The maximum absolute atomic E-state index is 12.9. The highest BCUT2D eigenvalue weighted by molar-refractivity contribution is 7.80. The molecular formula is C52H92O12S. The highest BCUT2D eigenvalue weighted by Crippen LogP contribution is 2.26. The van der Waals surface area contributed by atoms with Crippen LogP contribution in [-0.2, 0) is 38.3 Å². The van der Waals surface area contributed by atoms with E-state index in [1.165, 1.54) is 96.3 Å². The van der Waals surface area contributed by atoms with Crippen molar-refractivity contribution in [1.29, 1.82) is 0 Å². The molecular weight excluding hydrogens is 849 g/mol. The highest BCUT2D eigenvalue weighted by atomic mass is 32.3. The minimum Gasteiger partial charge on any atom is -0.457 e. The Bertz CT molecular complexity index is 1360. The topological polar surface area (TPSA) is 178 Å². The van der Waals surface area contributed by atoms with Crippen molar-refractivity contribution in [1.82, 2.24) is 0 Å². The maximum Gasteiger partial charge on any atom is 0.397 e. The van der Waals surface area contributed by atoms with E-state index in [0.717, 1.165) is 77.0 Å². The molecule has 1 fully saturated rings. The Morgan fingerprint density at radius 1 is 0.600 bits per heavy atom. The van der Waals surface area contributed by atoms with Gasteiger partial charge in [-0.05, 0) is 77.0 Å². The SMILES string of the molecule is CC/C=C\C/C=C\C/C=C\C/C=C\CCCCCCCCCCCCC(=O)OC(COCCCCCCCC/C=C\CCCCCCC)COC1OC(CO)C(O)C(OS(=O)(=O)O)C1O. The summed E-state index contributed by atoms with van der Waals surface area (Å²) in [6, 6.07) is 0. The van der Waals surface area contributed by atoms with Crippen molar-refractivity contribution < 1.29 is 56.2 Å². The molecule has 0 amide bonds. The lowest BCUT2D eigenvalue weighted by Crippen LogP contribution is -2.60. The number of aliphatic hydroxyl groups is 3. The van der Waals surface area contributed by atoms with Gasteiger partial charge >= 0.3 is 16.4 Å². The number of allylic oxidation sites excluding steroid dienone is 10. The first-order valence-corrected chi connectivity index (χ1v) is 26.9. The molecule has 65 heavy (non-hydrogen) atoms. The van der Waals surface area contributed by atoms with Crippen molar-refractivity contribution in [3.05, 3.63) is 60.8 Å². The standard InChI is InChI=1S/C52H92O12S/c1-3-5-7-9-11-13-15-17-19-20-21-22-23-24-25-26-27-29-31-33-35-37-39-41-48(54)62-46(45-61-52-50(56)51(64-65(57,58)59)49(55)47(43-53)63-52)44-60-42-40-38-36-34-32-30-28-18-16-14-12-10-8-6-4-2/h5,7,11,13,16-19,21-22,46-47,49-53,55-56H,3-4,6,8-10,12,14-15,20,23-45H2,1-2H3,(H,57,58,59)/b7-5-,13-11-,18-16-,19-17-,22-21-. The lowest BCUT2D eigenvalue weighted by molar-refractivity contribution is -0.301. The number of carbonyl (C=O) groups is 1. The Hall–Kier alpha value is -2.20. The molecule has 13 heteroatoms. The third-order valence-corrected chi connectivity index (χ3v) is 11.8. The van der Waals surface area contributed by atoms with Crippen LogP contribution >= 0.6 is 0 Å². The van der Waals surface area contributed by atoms with Crippen LogP contribution in [0.2, 0.25) is 0 Å². The number of ether oxygens (including phenoxy) is 4. The van der Waals surface area contributed by atoms with E-state index in [9.17, 15) is 33.1 Å². The summed E-state index contributed by atoms with van der Waals surface area (Å²) in [7, 11) is -5.07. The molecule has 0 radical (unpaired) electrons. The molecule has 1 heterocycles. The van der Waals surface area contributed by atoms with Crippen molar-refractivity contribution in [3.8, 4) is 0 Å². The summed E-state index contributed by atoms with van der Waals surface area (Å²) in [5, 5.41) is 30.7. The van der Waals surface area contributed by atoms with E-state index < -0.39 is 59.8 Å². The first-order chi connectivity index (χ1) is 31.6. The van der Waals surface area contributed by atoms with Gasteiger partial charge in [0.1, 0.15) is 30.5 Å². The molecule has 6 atom stereocenters. The maximum atomic E-state index is 12.9. The van der Waals surface area contributed by atoms with Crippen LogP contribution < -0.4 is 0 Å². The zero-order chi connectivity index (χ0) is 47.5. The Morgan fingerprint density at radius 2 is 1.06 bits per heavy atom. The van der Waals surface area contributed by atoms with E-state index in [1.54, 1.807) is 0 Å². The van der Waals surface area contributed by atoms with E-state index in [-0.39, 0.29) is 19.6 Å². The summed E-state index contributed by atoms with van der Waals surface area (Å²) in [5.41, 5.74) is 0. The molecule has 1 saturated heterocycles. The van der Waals surface area contributed by atoms with Crippen LogP contribution in [0.5, 0.6) is 0 Å². The van der Waals surface area contributed by atoms with Crippen molar-refractivity contribution in [2.75, 3.05) is 26.4 Å². The van der Waals surface area contributed by atoms with E-state index in [4.69, 9.17) is 18.9 Å². The number of hydrogen-bond acceptors (Lipinski definition) is 11. The zero-order valence-corrected chi connectivity index (χ0v) is 41.4. The summed E-state index contributed by atoms with van der Waals surface area (Å²) in [6.07, 6.45) is 45.3.